The minimum Gasteiger partial charge on any atom is -0.378 e. The van der Waals surface area contributed by atoms with Crippen LogP contribution in [0.5, 0.6) is 0 Å². The van der Waals surface area contributed by atoms with Crippen LogP contribution in [0.25, 0.3) is 0 Å². The Bertz CT molecular complexity index is 596. The van der Waals surface area contributed by atoms with Gasteiger partial charge in [-0.05, 0) is 47.0 Å². The van der Waals surface area contributed by atoms with Crippen LogP contribution in [0, 0.1) is 0 Å². The molecule has 1 aliphatic heterocycles. The number of nitrogens with zero attached hydrogens (tertiary/aromatic N) is 3. The summed E-state index contributed by atoms with van der Waals surface area (Å²) in [5.74, 6) is 2.11. The Morgan fingerprint density at radius 1 is 1.32 bits per heavy atom. The quantitative estimate of drug-likeness (QED) is 0.927. The lowest BCUT2D eigenvalue weighted by molar-refractivity contribution is 0.510. The van der Waals surface area contributed by atoms with E-state index in [2.05, 4.69) is 36.0 Å². The lowest BCUT2D eigenvalue weighted by Gasteiger charge is -2.15. The smallest absolute Gasteiger partial charge is 0.152 e. The highest BCUT2D eigenvalue weighted by Crippen LogP contribution is 2.25. The molecule has 0 saturated heterocycles. The molecular formula is C13H14BrClN4. The van der Waals surface area contributed by atoms with Gasteiger partial charge in [-0.2, -0.15) is 0 Å². The fourth-order valence-electron chi connectivity index (χ4n) is 2.29. The summed E-state index contributed by atoms with van der Waals surface area (Å²) in [5, 5.41) is 12.6. The Morgan fingerprint density at radius 2 is 2.21 bits per heavy atom. The molecule has 0 amide bonds. The largest absolute Gasteiger partial charge is 0.378 e. The molecule has 1 N–H and O–H groups in total. The molecule has 2 heterocycles. The zero-order chi connectivity index (χ0) is 13.2. The minimum absolute atomic E-state index is 0.682. The third kappa shape index (κ3) is 2.77. The monoisotopic (exact) mass is 340 g/mol. The molecule has 1 aliphatic rings. The Morgan fingerprint density at radius 3 is 3.05 bits per heavy atom. The lowest BCUT2D eigenvalue weighted by atomic mass is 10.2. The molecule has 1 aromatic carbocycles. The van der Waals surface area contributed by atoms with Crippen LogP contribution in [0.2, 0.25) is 5.02 Å². The van der Waals surface area contributed by atoms with E-state index in [1.54, 1.807) is 0 Å². The van der Waals surface area contributed by atoms with Gasteiger partial charge in [0.15, 0.2) is 5.82 Å². The van der Waals surface area contributed by atoms with Crippen molar-refractivity contribution in [2.75, 3.05) is 5.32 Å². The standard InChI is InChI=1S/C13H14BrClN4/c14-10-7-9(4-5-11(10)15)16-8-13-18-17-12-3-1-2-6-19(12)13/h4-5,7,16H,1-3,6,8H2. The second-order valence-electron chi connectivity index (χ2n) is 4.62. The lowest BCUT2D eigenvalue weighted by Crippen LogP contribution is -2.15. The van der Waals surface area contributed by atoms with E-state index >= 15 is 0 Å². The van der Waals surface area contributed by atoms with Gasteiger partial charge in [-0.1, -0.05) is 11.6 Å². The van der Waals surface area contributed by atoms with Crippen LogP contribution in [0.1, 0.15) is 24.5 Å². The molecular weight excluding hydrogens is 328 g/mol. The first kappa shape index (κ1) is 12.9. The molecule has 4 nitrogen and oxygen atoms in total. The van der Waals surface area contributed by atoms with Crippen LogP contribution in [0.15, 0.2) is 22.7 Å². The Balaban J connectivity index is 1.72. The van der Waals surface area contributed by atoms with Gasteiger partial charge in [-0.25, -0.2) is 0 Å². The van der Waals surface area contributed by atoms with Crippen molar-refractivity contribution in [2.24, 2.45) is 0 Å². The predicted molar refractivity (Wildman–Crippen MR) is 79.4 cm³/mol. The molecule has 19 heavy (non-hydrogen) atoms. The van der Waals surface area contributed by atoms with E-state index in [1.807, 2.05) is 18.2 Å². The van der Waals surface area contributed by atoms with Crippen LogP contribution in [0.4, 0.5) is 5.69 Å². The number of aryl methyl sites for hydroxylation is 1. The highest BCUT2D eigenvalue weighted by molar-refractivity contribution is 9.10. The molecule has 0 spiro atoms. The van der Waals surface area contributed by atoms with Gasteiger partial charge in [0, 0.05) is 23.1 Å². The fourth-order valence-corrected chi connectivity index (χ4v) is 2.78. The first-order valence-electron chi connectivity index (χ1n) is 6.34. The number of hydrogen-bond donors (Lipinski definition) is 1. The van der Waals surface area contributed by atoms with Gasteiger partial charge < -0.3 is 9.88 Å². The van der Waals surface area contributed by atoms with Gasteiger partial charge in [0.25, 0.3) is 0 Å². The highest BCUT2D eigenvalue weighted by atomic mass is 79.9. The minimum atomic E-state index is 0.682. The van der Waals surface area contributed by atoms with Gasteiger partial charge in [-0.15, -0.1) is 10.2 Å². The SMILES string of the molecule is Clc1ccc(NCc2nnc3n2CCCC3)cc1Br. The number of rotatable bonds is 3. The topological polar surface area (TPSA) is 42.7 Å². The maximum absolute atomic E-state index is 5.97. The van der Waals surface area contributed by atoms with Crippen molar-refractivity contribution in [3.8, 4) is 0 Å². The van der Waals surface area contributed by atoms with E-state index < -0.39 is 0 Å². The molecule has 0 saturated carbocycles. The predicted octanol–water partition coefficient (Wildman–Crippen LogP) is 3.64. The number of fused-ring (bicyclic) bond motifs is 1. The van der Waals surface area contributed by atoms with Gasteiger partial charge in [0.2, 0.25) is 0 Å². The zero-order valence-corrected chi connectivity index (χ0v) is 12.7. The maximum atomic E-state index is 5.97. The Hall–Kier alpha value is -1.07. The normalized spacial score (nSPS) is 14.2. The molecule has 0 fully saturated rings. The summed E-state index contributed by atoms with van der Waals surface area (Å²) >= 11 is 9.39. The van der Waals surface area contributed by atoms with E-state index in [9.17, 15) is 0 Å². The van der Waals surface area contributed by atoms with Gasteiger partial charge in [0.05, 0.1) is 11.6 Å². The molecule has 6 heteroatoms. The van der Waals surface area contributed by atoms with E-state index in [0.29, 0.717) is 11.6 Å². The molecule has 0 atom stereocenters. The first-order chi connectivity index (χ1) is 9.24. The molecule has 1 aromatic heterocycles. The molecule has 0 radical (unpaired) electrons. The second-order valence-corrected chi connectivity index (χ2v) is 5.89. The Kier molecular flexibility index (Phi) is 3.75. The van der Waals surface area contributed by atoms with E-state index in [-0.39, 0.29) is 0 Å². The van der Waals surface area contributed by atoms with E-state index in [1.165, 1.54) is 12.8 Å². The van der Waals surface area contributed by atoms with Crippen LogP contribution in [-0.4, -0.2) is 14.8 Å². The summed E-state index contributed by atoms with van der Waals surface area (Å²) in [6.07, 6.45) is 3.47. The van der Waals surface area contributed by atoms with Crippen LogP contribution in [-0.2, 0) is 19.5 Å². The molecule has 2 aromatic rings. The van der Waals surface area contributed by atoms with Crippen LogP contribution >= 0.6 is 27.5 Å². The summed E-state index contributed by atoms with van der Waals surface area (Å²) in [7, 11) is 0. The van der Waals surface area contributed by atoms with E-state index in [4.69, 9.17) is 11.6 Å². The van der Waals surface area contributed by atoms with Crippen molar-refractivity contribution in [1.29, 1.82) is 0 Å². The van der Waals surface area contributed by atoms with Crippen molar-refractivity contribution in [2.45, 2.75) is 32.4 Å². The number of nitrogens with one attached hydrogen (secondary N) is 1. The molecule has 100 valence electrons. The number of halogens is 2. The van der Waals surface area contributed by atoms with Crippen molar-refractivity contribution >= 4 is 33.2 Å². The molecule has 0 unspecified atom stereocenters. The van der Waals surface area contributed by atoms with Gasteiger partial charge in [-0.3, -0.25) is 0 Å². The summed E-state index contributed by atoms with van der Waals surface area (Å²) in [4.78, 5) is 0. The average Bonchev–Trinajstić information content (AvgIpc) is 2.83. The zero-order valence-electron chi connectivity index (χ0n) is 10.4. The fraction of sp³-hybridized carbons (Fsp3) is 0.385. The molecule has 3 rings (SSSR count). The number of benzene rings is 1. The van der Waals surface area contributed by atoms with Crippen molar-refractivity contribution < 1.29 is 0 Å². The number of hydrogen-bond acceptors (Lipinski definition) is 3. The summed E-state index contributed by atoms with van der Waals surface area (Å²) in [5.41, 5.74) is 1.02. The average molecular weight is 342 g/mol. The summed E-state index contributed by atoms with van der Waals surface area (Å²) < 4.78 is 3.11. The highest BCUT2D eigenvalue weighted by Gasteiger charge is 2.15. The Labute approximate surface area is 125 Å². The molecule has 0 bridgehead atoms. The van der Waals surface area contributed by atoms with Gasteiger partial charge >= 0.3 is 0 Å². The van der Waals surface area contributed by atoms with Crippen LogP contribution < -0.4 is 5.32 Å². The number of anilines is 1. The molecule has 0 aliphatic carbocycles. The summed E-state index contributed by atoms with van der Waals surface area (Å²) in [6.45, 7) is 1.71. The van der Waals surface area contributed by atoms with Crippen molar-refractivity contribution in [3.05, 3.63) is 39.3 Å². The summed E-state index contributed by atoms with van der Waals surface area (Å²) in [6, 6.07) is 5.80. The van der Waals surface area contributed by atoms with Crippen molar-refractivity contribution in [3.63, 3.8) is 0 Å². The maximum Gasteiger partial charge on any atom is 0.152 e. The number of aromatic nitrogens is 3. The van der Waals surface area contributed by atoms with Gasteiger partial charge in [0.1, 0.15) is 5.82 Å². The van der Waals surface area contributed by atoms with Crippen LogP contribution in [0.3, 0.4) is 0 Å². The van der Waals surface area contributed by atoms with E-state index in [0.717, 1.165) is 34.8 Å². The second kappa shape index (κ2) is 5.51. The van der Waals surface area contributed by atoms with Crippen molar-refractivity contribution in [1.82, 2.24) is 14.8 Å². The first-order valence-corrected chi connectivity index (χ1v) is 7.51. The third-order valence-electron chi connectivity index (χ3n) is 3.31. The third-order valence-corrected chi connectivity index (χ3v) is 4.52.